The highest BCUT2D eigenvalue weighted by Gasteiger charge is 2.08. The number of hydrogen-bond donors (Lipinski definition) is 1. The first kappa shape index (κ1) is 11.3. The highest BCUT2D eigenvalue weighted by atomic mass is 32.1. The molecule has 0 atom stereocenters. The van der Waals surface area contributed by atoms with Gasteiger partial charge in [-0.15, -0.1) is 11.3 Å². The van der Waals surface area contributed by atoms with Crippen molar-refractivity contribution in [2.24, 2.45) is 0 Å². The summed E-state index contributed by atoms with van der Waals surface area (Å²) in [7, 11) is 0. The fourth-order valence-electron chi connectivity index (χ4n) is 1.76. The summed E-state index contributed by atoms with van der Waals surface area (Å²) < 4.78 is 15.2. The molecule has 0 aliphatic rings. The van der Waals surface area contributed by atoms with Crippen molar-refractivity contribution < 1.29 is 4.39 Å². The summed E-state index contributed by atoms with van der Waals surface area (Å²) in [6.07, 6.45) is 0. The van der Waals surface area contributed by atoms with E-state index in [1.54, 1.807) is 0 Å². The Morgan fingerprint density at radius 2 is 1.94 bits per heavy atom. The molecule has 0 amide bonds. The van der Waals surface area contributed by atoms with Gasteiger partial charge in [0, 0.05) is 0 Å². The van der Waals surface area contributed by atoms with Gasteiger partial charge >= 0.3 is 0 Å². The standard InChI is InChI=1S/C12H7FN2OS2/c13-7-1-3-8(4-2-7)15-11(16)10-9(5-6-18-10)14-12(15)17/h1-6H,(H,14,17). The molecule has 1 N–H and O–H groups in total. The van der Waals surface area contributed by atoms with Crippen LogP contribution in [0, 0.1) is 10.6 Å². The van der Waals surface area contributed by atoms with E-state index in [0.29, 0.717) is 15.2 Å². The quantitative estimate of drug-likeness (QED) is 0.694. The SMILES string of the molecule is O=c1c2sccc2[nH]c(=S)n1-c1ccc(F)cc1. The average molecular weight is 278 g/mol. The number of fused-ring (bicyclic) bond motifs is 1. The predicted octanol–water partition coefficient (Wildman–Crippen LogP) is 3.25. The first-order valence-electron chi connectivity index (χ1n) is 5.15. The van der Waals surface area contributed by atoms with Crippen molar-refractivity contribution in [2.75, 3.05) is 0 Å². The maximum Gasteiger partial charge on any atom is 0.276 e. The molecular formula is C12H7FN2OS2. The van der Waals surface area contributed by atoms with Crippen LogP contribution in [0.25, 0.3) is 15.9 Å². The molecule has 0 aliphatic heterocycles. The van der Waals surface area contributed by atoms with E-state index in [9.17, 15) is 9.18 Å². The summed E-state index contributed by atoms with van der Waals surface area (Å²) in [5, 5.41) is 1.83. The molecule has 1 aromatic carbocycles. The maximum atomic E-state index is 12.9. The van der Waals surface area contributed by atoms with Crippen LogP contribution in [0.3, 0.4) is 0 Å². The average Bonchev–Trinajstić information content (AvgIpc) is 2.80. The van der Waals surface area contributed by atoms with E-state index in [4.69, 9.17) is 12.2 Å². The van der Waals surface area contributed by atoms with Crippen molar-refractivity contribution in [3.63, 3.8) is 0 Å². The maximum absolute atomic E-state index is 12.9. The molecule has 0 unspecified atom stereocenters. The van der Waals surface area contributed by atoms with Crippen LogP contribution in [0.5, 0.6) is 0 Å². The Morgan fingerprint density at radius 1 is 1.22 bits per heavy atom. The molecule has 0 spiro atoms. The molecule has 3 aromatic rings. The van der Waals surface area contributed by atoms with Crippen molar-refractivity contribution in [3.05, 3.63) is 56.7 Å². The molecule has 0 bridgehead atoms. The third kappa shape index (κ3) is 1.70. The van der Waals surface area contributed by atoms with E-state index in [2.05, 4.69) is 4.98 Å². The van der Waals surface area contributed by atoms with E-state index < -0.39 is 0 Å². The van der Waals surface area contributed by atoms with E-state index in [1.165, 1.54) is 40.2 Å². The molecule has 18 heavy (non-hydrogen) atoms. The molecule has 0 saturated carbocycles. The number of benzene rings is 1. The fraction of sp³-hybridized carbons (Fsp3) is 0. The lowest BCUT2D eigenvalue weighted by Crippen LogP contribution is -2.19. The van der Waals surface area contributed by atoms with Crippen molar-refractivity contribution >= 4 is 33.8 Å². The Hall–Kier alpha value is -1.79. The smallest absolute Gasteiger partial charge is 0.276 e. The van der Waals surface area contributed by atoms with Crippen LogP contribution in [0.2, 0.25) is 0 Å². The van der Waals surface area contributed by atoms with Gasteiger partial charge in [0.1, 0.15) is 10.5 Å². The summed E-state index contributed by atoms with van der Waals surface area (Å²) >= 11 is 6.52. The number of hydrogen-bond acceptors (Lipinski definition) is 3. The lowest BCUT2D eigenvalue weighted by molar-refractivity contribution is 0.627. The molecule has 0 aliphatic carbocycles. The molecule has 2 heterocycles. The van der Waals surface area contributed by atoms with Crippen LogP contribution >= 0.6 is 23.6 Å². The van der Waals surface area contributed by atoms with Gasteiger partial charge < -0.3 is 4.98 Å². The molecule has 0 radical (unpaired) electrons. The minimum atomic E-state index is -0.348. The van der Waals surface area contributed by atoms with Gasteiger partial charge in [0.05, 0.1) is 11.2 Å². The molecule has 2 aromatic heterocycles. The topological polar surface area (TPSA) is 37.8 Å². The third-order valence-electron chi connectivity index (χ3n) is 2.59. The second kappa shape index (κ2) is 4.15. The zero-order chi connectivity index (χ0) is 12.7. The number of rotatable bonds is 1. The van der Waals surface area contributed by atoms with Gasteiger partial charge in [-0.3, -0.25) is 9.36 Å². The number of halogens is 1. The van der Waals surface area contributed by atoms with Crippen LogP contribution < -0.4 is 5.56 Å². The minimum absolute atomic E-state index is 0.185. The highest BCUT2D eigenvalue weighted by molar-refractivity contribution is 7.71. The molecule has 0 saturated heterocycles. The lowest BCUT2D eigenvalue weighted by Gasteiger charge is -2.05. The van der Waals surface area contributed by atoms with Gasteiger partial charge in [0.15, 0.2) is 4.77 Å². The number of thiophene rings is 1. The summed E-state index contributed by atoms with van der Waals surface area (Å²) in [6.45, 7) is 0. The van der Waals surface area contributed by atoms with Crippen LogP contribution in [0.15, 0.2) is 40.5 Å². The summed E-state index contributed by atoms with van der Waals surface area (Å²) in [5.74, 6) is -0.348. The Balaban J connectivity index is 2.38. The van der Waals surface area contributed by atoms with Crippen molar-refractivity contribution in [2.45, 2.75) is 0 Å². The third-order valence-corrected chi connectivity index (χ3v) is 3.78. The van der Waals surface area contributed by atoms with E-state index in [-0.39, 0.29) is 11.4 Å². The van der Waals surface area contributed by atoms with Crippen molar-refractivity contribution in [1.82, 2.24) is 9.55 Å². The zero-order valence-corrected chi connectivity index (χ0v) is 10.6. The first-order valence-corrected chi connectivity index (χ1v) is 6.44. The number of nitrogens with one attached hydrogen (secondary N) is 1. The van der Waals surface area contributed by atoms with Gasteiger partial charge in [0.25, 0.3) is 5.56 Å². The Bertz CT molecular complexity index is 830. The number of aromatic nitrogens is 2. The van der Waals surface area contributed by atoms with Crippen LogP contribution in [-0.4, -0.2) is 9.55 Å². The molecule has 0 fully saturated rings. The van der Waals surface area contributed by atoms with Crippen molar-refractivity contribution in [3.8, 4) is 5.69 Å². The zero-order valence-electron chi connectivity index (χ0n) is 9.01. The van der Waals surface area contributed by atoms with Crippen LogP contribution in [0.1, 0.15) is 0 Å². The molecular weight excluding hydrogens is 271 g/mol. The molecule has 3 nitrogen and oxygen atoms in total. The second-order valence-corrected chi connectivity index (χ2v) is 5.01. The summed E-state index contributed by atoms with van der Waals surface area (Å²) in [4.78, 5) is 15.3. The van der Waals surface area contributed by atoms with Gasteiger partial charge in [-0.25, -0.2) is 4.39 Å². The summed E-state index contributed by atoms with van der Waals surface area (Å²) in [5.41, 5.74) is 1.10. The first-order chi connectivity index (χ1) is 8.66. The van der Waals surface area contributed by atoms with Crippen molar-refractivity contribution in [1.29, 1.82) is 0 Å². The van der Waals surface area contributed by atoms with Gasteiger partial charge in [-0.2, -0.15) is 0 Å². The fourth-order valence-corrected chi connectivity index (χ4v) is 2.84. The largest absolute Gasteiger partial charge is 0.331 e. The molecule has 90 valence electrons. The molecule has 6 heteroatoms. The van der Waals surface area contributed by atoms with Gasteiger partial charge in [-0.05, 0) is 47.9 Å². The summed E-state index contributed by atoms with van der Waals surface area (Å²) in [6, 6.07) is 7.47. The normalized spacial score (nSPS) is 10.9. The monoisotopic (exact) mass is 278 g/mol. The second-order valence-electron chi connectivity index (χ2n) is 3.71. The highest BCUT2D eigenvalue weighted by Crippen LogP contribution is 2.16. The van der Waals surface area contributed by atoms with Crippen LogP contribution in [-0.2, 0) is 0 Å². The lowest BCUT2D eigenvalue weighted by atomic mass is 10.3. The van der Waals surface area contributed by atoms with E-state index in [1.807, 2.05) is 11.4 Å². The minimum Gasteiger partial charge on any atom is -0.331 e. The number of nitrogens with zero attached hydrogens (tertiary/aromatic N) is 1. The number of aromatic amines is 1. The van der Waals surface area contributed by atoms with Gasteiger partial charge in [0.2, 0.25) is 0 Å². The Morgan fingerprint density at radius 3 is 2.67 bits per heavy atom. The Kier molecular flexibility index (Phi) is 2.61. The van der Waals surface area contributed by atoms with E-state index in [0.717, 1.165) is 5.52 Å². The van der Waals surface area contributed by atoms with Crippen LogP contribution in [0.4, 0.5) is 4.39 Å². The number of H-pyrrole nitrogens is 1. The molecule has 3 rings (SSSR count). The predicted molar refractivity (Wildman–Crippen MR) is 72.6 cm³/mol. The van der Waals surface area contributed by atoms with Gasteiger partial charge in [-0.1, -0.05) is 0 Å². The Labute approximate surface area is 110 Å². The van der Waals surface area contributed by atoms with E-state index >= 15 is 0 Å².